The lowest BCUT2D eigenvalue weighted by molar-refractivity contribution is -0.139. The van der Waals surface area contributed by atoms with Gasteiger partial charge in [-0.25, -0.2) is 0 Å². The van der Waals surface area contributed by atoms with E-state index in [0.29, 0.717) is 12.8 Å². The molecule has 2 amide bonds. The number of rotatable bonds is 6. The van der Waals surface area contributed by atoms with Crippen LogP contribution in [0.2, 0.25) is 0 Å². The van der Waals surface area contributed by atoms with Crippen LogP contribution in [0.4, 0.5) is 0 Å². The highest BCUT2D eigenvalue weighted by Crippen LogP contribution is 2.42. The van der Waals surface area contributed by atoms with E-state index in [-0.39, 0.29) is 30.3 Å². The molecule has 33 heavy (non-hydrogen) atoms. The monoisotopic (exact) mass is 449 g/mol. The van der Waals surface area contributed by atoms with Crippen molar-refractivity contribution < 1.29 is 14.3 Å². The van der Waals surface area contributed by atoms with E-state index >= 15 is 0 Å². The van der Waals surface area contributed by atoms with Gasteiger partial charge in [0.15, 0.2) is 0 Å². The number of ether oxygens (including phenoxy) is 1. The third-order valence-corrected chi connectivity index (χ3v) is 5.74. The summed E-state index contributed by atoms with van der Waals surface area (Å²) in [5.41, 5.74) is 10.6. The molecule has 8 nitrogen and oxygen atoms in total. The van der Waals surface area contributed by atoms with Gasteiger partial charge in [-0.3, -0.25) is 9.59 Å². The summed E-state index contributed by atoms with van der Waals surface area (Å²) in [4.78, 5) is 31.0. The van der Waals surface area contributed by atoms with Crippen LogP contribution in [0.3, 0.4) is 0 Å². The standard InChI is InChI=1S/C25H31N5O3/c1-25(2,3)27-23(31)16-30-21(17-10-6-5-7-11-17)15-18(14-20(24(30)32)28-29-26)19-12-8-9-13-22(19)33-4/h5-13,18,20-21H,14-16H2,1-4H3,(H,27,31). The highest BCUT2D eigenvalue weighted by molar-refractivity contribution is 5.88. The van der Waals surface area contributed by atoms with Crippen molar-refractivity contribution in [3.8, 4) is 5.75 Å². The first kappa shape index (κ1) is 24.1. The summed E-state index contributed by atoms with van der Waals surface area (Å²) in [6, 6.07) is 16.1. The van der Waals surface area contributed by atoms with E-state index < -0.39 is 11.6 Å². The molecule has 1 aliphatic rings. The zero-order valence-corrected chi connectivity index (χ0v) is 19.6. The maximum atomic E-state index is 13.6. The van der Waals surface area contributed by atoms with Crippen molar-refractivity contribution >= 4 is 11.8 Å². The number of nitrogens with zero attached hydrogens (tertiary/aromatic N) is 4. The number of likely N-dealkylation sites (tertiary alicyclic amines) is 1. The summed E-state index contributed by atoms with van der Waals surface area (Å²) in [6.07, 6.45) is 0.903. The van der Waals surface area contributed by atoms with Gasteiger partial charge in [0.1, 0.15) is 18.3 Å². The molecule has 2 aromatic carbocycles. The second-order valence-electron chi connectivity index (χ2n) is 9.32. The van der Waals surface area contributed by atoms with Crippen LogP contribution in [0.5, 0.6) is 5.75 Å². The van der Waals surface area contributed by atoms with Gasteiger partial charge in [0, 0.05) is 10.5 Å². The van der Waals surface area contributed by atoms with Crippen LogP contribution in [0.15, 0.2) is 59.7 Å². The van der Waals surface area contributed by atoms with Crippen LogP contribution in [-0.4, -0.2) is 41.9 Å². The van der Waals surface area contributed by atoms with Gasteiger partial charge in [0.2, 0.25) is 11.8 Å². The third-order valence-electron chi connectivity index (χ3n) is 5.74. The Hall–Kier alpha value is -3.51. The summed E-state index contributed by atoms with van der Waals surface area (Å²) in [5, 5.41) is 6.76. The molecule has 0 aromatic heterocycles. The highest BCUT2D eigenvalue weighted by atomic mass is 16.5. The zero-order valence-electron chi connectivity index (χ0n) is 19.6. The minimum absolute atomic E-state index is 0.110. The molecule has 3 rings (SSSR count). The van der Waals surface area contributed by atoms with Crippen molar-refractivity contribution in [1.29, 1.82) is 0 Å². The van der Waals surface area contributed by atoms with E-state index in [1.807, 2.05) is 75.4 Å². The predicted molar refractivity (Wildman–Crippen MR) is 127 cm³/mol. The molecule has 3 unspecified atom stereocenters. The molecule has 1 saturated heterocycles. The van der Waals surface area contributed by atoms with E-state index in [2.05, 4.69) is 15.3 Å². The first-order chi connectivity index (χ1) is 15.7. The van der Waals surface area contributed by atoms with E-state index in [4.69, 9.17) is 4.74 Å². The van der Waals surface area contributed by atoms with Crippen LogP contribution >= 0.6 is 0 Å². The van der Waals surface area contributed by atoms with E-state index in [9.17, 15) is 15.1 Å². The first-order valence-electron chi connectivity index (χ1n) is 11.1. The molecule has 0 bridgehead atoms. The number of benzene rings is 2. The van der Waals surface area contributed by atoms with Crippen LogP contribution in [0.25, 0.3) is 10.4 Å². The van der Waals surface area contributed by atoms with Crippen molar-refractivity contribution in [3.63, 3.8) is 0 Å². The van der Waals surface area contributed by atoms with Gasteiger partial charge < -0.3 is 15.0 Å². The summed E-state index contributed by atoms with van der Waals surface area (Å²) < 4.78 is 5.58. The molecule has 1 heterocycles. The van der Waals surface area contributed by atoms with Gasteiger partial charge in [0.05, 0.1) is 13.2 Å². The number of carbonyl (C=O) groups is 2. The molecule has 0 saturated carbocycles. The molecule has 1 aliphatic heterocycles. The van der Waals surface area contributed by atoms with Crippen molar-refractivity contribution in [1.82, 2.24) is 10.2 Å². The lowest BCUT2D eigenvalue weighted by atomic mass is 9.86. The summed E-state index contributed by atoms with van der Waals surface area (Å²) in [7, 11) is 1.61. The lowest BCUT2D eigenvalue weighted by Crippen LogP contribution is -2.49. The fraction of sp³-hybridized carbons (Fsp3) is 0.440. The van der Waals surface area contributed by atoms with Crippen molar-refractivity contribution in [2.24, 2.45) is 5.11 Å². The van der Waals surface area contributed by atoms with E-state index in [1.165, 1.54) is 0 Å². The lowest BCUT2D eigenvalue weighted by Gasteiger charge is -2.33. The van der Waals surface area contributed by atoms with Gasteiger partial charge >= 0.3 is 0 Å². The zero-order chi connectivity index (χ0) is 24.0. The number of carbonyl (C=O) groups excluding carboxylic acids is 2. The number of azide groups is 1. The fourth-order valence-electron chi connectivity index (χ4n) is 4.42. The Balaban J connectivity index is 2.07. The topological polar surface area (TPSA) is 107 Å². The Kier molecular flexibility index (Phi) is 7.61. The van der Waals surface area contributed by atoms with Crippen molar-refractivity contribution in [3.05, 3.63) is 76.2 Å². The Bertz CT molecular complexity index is 1030. The van der Waals surface area contributed by atoms with Crippen LogP contribution in [0, 0.1) is 0 Å². The normalized spacial score (nSPS) is 21.0. The average Bonchev–Trinajstić information content (AvgIpc) is 2.91. The predicted octanol–water partition coefficient (Wildman–Crippen LogP) is 4.74. The summed E-state index contributed by atoms with van der Waals surface area (Å²) in [5.74, 6) is 0.0113. The van der Waals surface area contributed by atoms with E-state index in [0.717, 1.165) is 16.9 Å². The Labute approximate surface area is 194 Å². The highest BCUT2D eigenvalue weighted by Gasteiger charge is 2.39. The second-order valence-corrected chi connectivity index (χ2v) is 9.32. The number of hydrogen-bond acceptors (Lipinski definition) is 4. The maximum absolute atomic E-state index is 13.6. The van der Waals surface area contributed by atoms with Gasteiger partial charge in [0.25, 0.3) is 0 Å². The number of para-hydroxylation sites is 1. The molecular weight excluding hydrogens is 418 g/mol. The van der Waals surface area contributed by atoms with E-state index in [1.54, 1.807) is 12.0 Å². The molecule has 0 radical (unpaired) electrons. The van der Waals surface area contributed by atoms with Gasteiger partial charge in [-0.2, -0.15) is 0 Å². The molecule has 0 aliphatic carbocycles. The van der Waals surface area contributed by atoms with Crippen molar-refractivity contribution in [2.75, 3.05) is 13.7 Å². The Morgan fingerprint density at radius 3 is 2.45 bits per heavy atom. The molecule has 2 aromatic rings. The van der Waals surface area contributed by atoms with Gasteiger partial charge in [-0.15, -0.1) is 0 Å². The van der Waals surface area contributed by atoms with Gasteiger partial charge in [-0.05, 0) is 62.3 Å². The average molecular weight is 450 g/mol. The maximum Gasteiger partial charge on any atom is 0.240 e. The number of methoxy groups -OCH3 is 1. The first-order valence-corrected chi connectivity index (χ1v) is 11.1. The van der Waals surface area contributed by atoms with Crippen molar-refractivity contribution in [2.45, 2.75) is 57.2 Å². The number of nitrogens with one attached hydrogen (secondary N) is 1. The molecule has 1 fully saturated rings. The van der Waals surface area contributed by atoms with Crippen LogP contribution < -0.4 is 10.1 Å². The second kappa shape index (κ2) is 10.4. The summed E-state index contributed by atoms with van der Waals surface area (Å²) >= 11 is 0. The molecule has 1 N–H and O–H groups in total. The Morgan fingerprint density at radius 1 is 1.15 bits per heavy atom. The minimum Gasteiger partial charge on any atom is -0.496 e. The SMILES string of the molecule is COc1ccccc1C1CC(N=[N+]=[N-])C(=O)N(CC(=O)NC(C)(C)C)C(c2ccccc2)C1. The quantitative estimate of drug-likeness (QED) is 0.391. The molecule has 3 atom stereocenters. The molecular formula is C25H31N5O3. The van der Waals surface area contributed by atoms with Crippen LogP contribution in [-0.2, 0) is 9.59 Å². The molecule has 0 spiro atoms. The largest absolute Gasteiger partial charge is 0.496 e. The molecule has 8 heteroatoms. The smallest absolute Gasteiger partial charge is 0.240 e. The summed E-state index contributed by atoms with van der Waals surface area (Å²) in [6.45, 7) is 5.56. The minimum atomic E-state index is -0.916. The number of hydrogen-bond donors (Lipinski definition) is 1. The Morgan fingerprint density at radius 2 is 1.82 bits per heavy atom. The third kappa shape index (κ3) is 6.05. The van der Waals surface area contributed by atoms with Crippen LogP contribution in [0.1, 0.15) is 56.7 Å². The fourth-order valence-corrected chi connectivity index (χ4v) is 4.42. The van der Waals surface area contributed by atoms with Gasteiger partial charge in [-0.1, -0.05) is 53.6 Å². The molecule has 174 valence electrons. The number of amides is 2.